The maximum atomic E-state index is 13.5. The summed E-state index contributed by atoms with van der Waals surface area (Å²) in [5, 5.41) is -0.741. The van der Waals surface area contributed by atoms with E-state index in [4.69, 9.17) is 0 Å². The lowest BCUT2D eigenvalue weighted by Crippen LogP contribution is -2.28. The first-order valence-electron chi connectivity index (χ1n) is 5.83. The van der Waals surface area contributed by atoms with Gasteiger partial charge in [-0.2, -0.15) is 4.31 Å². The molecule has 1 heterocycles. The average molecular weight is 316 g/mol. The molecule has 0 atom stereocenters. The van der Waals surface area contributed by atoms with Crippen LogP contribution in [0.5, 0.6) is 0 Å². The number of benzene rings is 1. The molecule has 2 aromatic rings. The third kappa shape index (κ3) is 3.22. The number of hydrogen-bond donors (Lipinski definition) is 0. The smallest absolute Gasteiger partial charge is 0.241 e. The van der Waals surface area contributed by atoms with Crippen molar-refractivity contribution < 1.29 is 21.6 Å². The summed E-state index contributed by atoms with van der Waals surface area (Å²) in [7, 11) is -3.05. The van der Waals surface area contributed by atoms with Gasteiger partial charge in [-0.15, -0.1) is 0 Å². The van der Waals surface area contributed by atoms with Crippen LogP contribution in [0, 0.1) is 17.5 Å². The molecule has 8 heteroatoms. The van der Waals surface area contributed by atoms with Crippen LogP contribution in [0.4, 0.5) is 13.2 Å². The highest BCUT2D eigenvalue weighted by atomic mass is 32.2. The minimum absolute atomic E-state index is 0.0289. The Bertz CT molecular complexity index is 766. The van der Waals surface area contributed by atoms with Crippen molar-refractivity contribution in [1.29, 1.82) is 0 Å². The van der Waals surface area contributed by atoms with Gasteiger partial charge < -0.3 is 0 Å². The number of nitrogens with zero attached hydrogens (tertiary/aromatic N) is 2. The van der Waals surface area contributed by atoms with E-state index in [0.717, 1.165) is 35.7 Å². The van der Waals surface area contributed by atoms with Crippen LogP contribution in [-0.4, -0.2) is 24.8 Å². The summed E-state index contributed by atoms with van der Waals surface area (Å²) in [6.45, 7) is -0.371. The summed E-state index contributed by atoms with van der Waals surface area (Å²) < 4.78 is 64.9. The fourth-order valence-corrected chi connectivity index (χ4v) is 2.80. The zero-order valence-corrected chi connectivity index (χ0v) is 11.7. The molecule has 2 rings (SSSR count). The van der Waals surface area contributed by atoms with Gasteiger partial charge in [0.2, 0.25) is 5.03 Å². The second kappa shape index (κ2) is 5.82. The van der Waals surface area contributed by atoms with Crippen LogP contribution >= 0.6 is 0 Å². The van der Waals surface area contributed by atoms with Crippen LogP contribution in [0.1, 0.15) is 5.56 Å². The molecule has 0 spiro atoms. The van der Waals surface area contributed by atoms with Gasteiger partial charge in [-0.25, -0.2) is 26.6 Å². The van der Waals surface area contributed by atoms with Gasteiger partial charge in [-0.05, 0) is 18.2 Å². The summed E-state index contributed by atoms with van der Waals surface area (Å²) in [6.07, 6.45) is 1.14. The number of pyridine rings is 1. The average Bonchev–Trinajstić information content (AvgIpc) is 2.42. The van der Waals surface area contributed by atoms with Crippen molar-refractivity contribution in [1.82, 2.24) is 9.29 Å². The van der Waals surface area contributed by atoms with Crippen LogP contribution in [0.25, 0.3) is 0 Å². The molecule has 0 aliphatic heterocycles. The molecule has 0 radical (unpaired) electrons. The molecule has 0 fully saturated rings. The number of aromatic nitrogens is 1. The molecule has 0 saturated carbocycles. The van der Waals surface area contributed by atoms with Crippen molar-refractivity contribution in [2.45, 2.75) is 11.6 Å². The Labute approximate surface area is 119 Å². The Kier molecular flexibility index (Phi) is 4.29. The summed E-state index contributed by atoms with van der Waals surface area (Å²) in [5.74, 6) is -2.64. The quantitative estimate of drug-likeness (QED) is 0.870. The van der Waals surface area contributed by atoms with E-state index in [1.54, 1.807) is 0 Å². The Morgan fingerprint density at radius 3 is 2.48 bits per heavy atom. The van der Waals surface area contributed by atoms with Crippen molar-refractivity contribution in [2.75, 3.05) is 7.05 Å². The fraction of sp³-hybridized carbons (Fsp3) is 0.154. The molecule has 21 heavy (non-hydrogen) atoms. The largest absolute Gasteiger partial charge is 0.263 e. The molecule has 0 saturated heterocycles. The van der Waals surface area contributed by atoms with Crippen LogP contribution in [0.3, 0.4) is 0 Å². The Morgan fingerprint density at radius 1 is 1.14 bits per heavy atom. The maximum absolute atomic E-state index is 13.5. The minimum Gasteiger partial charge on any atom is -0.241 e. The lowest BCUT2D eigenvalue weighted by atomic mass is 10.2. The molecule has 1 aromatic carbocycles. The van der Waals surface area contributed by atoms with Crippen LogP contribution in [-0.2, 0) is 16.6 Å². The molecule has 4 nitrogen and oxygen atoms in total. The first-order chi connectivity index (χ1) is 9.82. The summed E-state index contributed by atoms with van der Waals surface area (Å²) in [5.41, 5.74) is -0.0289. The van der Waals surface area contributed by atoms with E-state index in [1.165, 1.54) is 6.07 Å². The number of sulfonamides is 1. The highest BCUT2D eigenvalue weighted by Crippen LogP contribution is 2.19. The Morgan fingerprint density at radius 2 is 1.86 bits per heavy atom. The third-order valence-corrected chi connectivity index (χ3v) is 4.53. The van der Waals surface area contributed by atoms with E-state index < -0.39 is 32.5 Å². The number of halogens is 3. The highest BCUT2D eigenvalue weighted by Gasteiger charge is 2.26. The zero-order valence-electron chi connectivity index (χ0n) is 10.9. The highest BCUT2D eigenvalue weighted by molar-refractivity contribution is 7.89. The third-order valence-electron chi connectivity index (χ3n) is 2.79. The van der Waals surface area contributed by atoms with Gasteiger partial charge >= 0.3 is 0 Å². The van der Waals surface area contributed by atoms with Crippen molar-refractivity contribution in [2.24, 2.45) is 0 Å². The van der Waals surface area contributed by atoms with E-state index in [9.17, 15) is 21.6 Å². The molecule has 1 aromatic heterocycles. The lowest BCUT2D eigenvalue weighted by Gasteiger charge is -2.17. The zero-order chi connectivity index (χ0) is 15.6. The summed E-state index contributed by atoms with van der Waals surface area (Å²) in [4.78, 5) is 3.49. The number of hydrogen-bond acceptors (Lipinski definition) is 3. The predicted octanol–water partition coefficient (Wildman–Crippen LogP) is 2.32. The minimum atomic E-state index is -4.21. The van der Waals surface area contributed by atoms with E-state index in [1.807, 2.05) is 0 Å². The number of rotatable bonds is 4. The van der Waals surface area contributed by atoms with Crippen molar-refractivity contribution >= 4 is 10.0 Å². The monoisotopic (exact) mass is 316 g/mol. The molecule has 0 aliphatic rings. The van der Waals surface area contributed by atoms with Gasteiger partial charge in [0.25, 0.3) is 10.0 Å². The molecule has 0 aliphatic carbocycles. The predicted molar refractivity (Wildman–Crippen MR) is 69.2 cm³/mol. The lowest BCUT2D eigenvalue weighted by molar-refractivity contribution is 0.445. The van der Waals surface area contributed by atoms with Crippen molar-refractivity contribution in [3.05, 3.63) is 59.5 Å². The van der Waals surface area contributed by atoms with Crippen LogP contribution in [0.15, 0.2) is 41.6 Å². The molecule has 0 amide bonds. The van der Waals surface area contributed by atoms with E-state index in [0.29, 0.717) is 6.07 Å². The fourth-order valence-electron chi connectivity index (χ4n) is 1.68. The first kappa shape index (κ1) is 15.5. The summed E-state index contributed by atoms with van der Waals surface area (Å²) in [6, 6.07) is 5.02. The standard InChI is InChI=1S/C13H11F3N2O2S/c1-18(8-9-4-5-10(14)7-12(9)16)21(19,20)13-11(15)3-2-6-17-13/h2-7H,8H2,1H3. The second-order valence-corrected chi connectivity index (χ2v) is 6.25. The molecular weight excluding hydrogens is 305 g/mol. The van der Waals surface area contributed by atoms with E-state index in [2.05, 4.69) is 4.98 Å². The molecule has 112 valence electrons. The molecule has 0 unspecified atom stereocenters. The van der Waals surface area contributed by atoms with Crippen molar-refractivity contribution in [3.63, 3.8) is 0 Å². The molecule has 0 bridgehead atoms. The van der Waals surface area contributed by atoms with Gasteiger partial charge in [-0.3, -0.25) is 0 Å². The van der Waals surface area contributed by atoms with Gasteiger partial charge in [0.1, 0.15) is 11.6 Å². The van der Waals surface area contributed by atoms with Gasteiger partial charge in [0.15, 0.2) is 5.82 Å². The molecular formula is C13H11F3N2O2S. The first-order valence-corrected chi connectivity index (χ1v) is 7.27. The normalized spacial score (nSPS) is 11.9. The molecule has 0 N–H and O–H groups in total. The van der Waals surface area contributed by atoms with Gasteiger partial charge in [-0.1, -0.05) is 6.07 Å². The van der Waals surface area contributed by atoms with Gasteiger partial charge in [0, 0.05) is 31.4 Å². The van der Waals surface area contributed by atoms with Crippen LogP contribution in [0.2, 0.25) is 0 Å². The second-order valence-electron chi connectivity index (χ2n) is 4.29. The topological polar surface area (TPSA) is 50.3 Å². The Balaban J connectivity index is 2.31. The van der Waals surface area contributed by atoms with E-state index in [-0.39, 0.29) is 12.1 Å². The SMILES string of the molecule is CN(Cc1ccc(F)cc1F)S(=O)(=O)c1ncccc1F. The Hall–Kier alpha value is -1.93. The van der Waals surface area contributed by atoms with Crippen molar-refractivity contribution in [3.8, 4) is 0 Å². The van der Waals surface area contributed by atoms with Gasteiger partial charge in [0.05, 0.1) is 0 Å². The van der Waals surface area contributed by atoms with Crippen LogP contribution < -0.4 is 0 Å². The van der Waals surface area contributed by atoms with E-state index >= 15 is 0 Å². The summed E-state index contributed by atoms with van der Waals surface area (Å²) >= 11 is 0. The maximum Gasteiger partial charge on any atom is 0.263 e.